The summed E-state index contributed by atoms with van der Waals surface area (Å²) in [4.78, 5) is 35.4. The molecule has 6 nitrogen and oxygen atoms in total. The molecule has 1 amide bonds. The van der Waals surface area contributed by atoms with E-state index in [1.54, 1.807) is 48.5 Å². The van der Waals surface area contributed by atoms with E-state index < -0.39 is 18.5 Å². The molecule has 130 valence electrons. The number of esters is 1. The fourth-order valence-electron chi connectivity index (χ4n) is 2.14. The Labute approximate surface area is 145 Å². The van der Waals surface area contributed by atoms with E-state index in [2.05, 4.69) is 5.32 Å². The number of hydrogen-bond donors (Lipinski definition) is 1. The van der Waals surface area contributed by atoms with E-state index in [0.717, 1.165) is 0 Å². The van der Waals surface area contributed by atoms with E-state index in [1.807, 2.05) is 6.07 Å². The van der Waals surface area contributed by atoms with Crippen molar-refractivity contribution in [2.75, 3.05) is 19.0 Å². The van der Waals surface area contributed by atoms with Crippen molar-refractivity contribution in [3.05, 3.63) is 60.2 Å². The summed E-state index contributed by atoms with van der Waals surface area (Å²) < 4.78 is 10.0. The van der Waals surface area contributed by atoms with Crippen LogP contribution in [0.5, 0.6) is 5.75 Å². The number of ketones is 1. The summed E-state index contributed by atoms with van der Waals surface area (Å²) in [5.41, 5.74) is 1.04. The Morgan fingerprint density at radius 3 is 2.32 bits per heavy atom. The lowest BCUT2D eigenvalue weighted by Crippen LogP contribution is -2.21. The molecule has 0 unspecified atom stereocenters. The molecule has 0 saturated heterocycles. The van der Waals surface area contributed by atoms with E-state index >= 15 is 0 Å². The third-order valence-electron chi connectivity index (χ3n) is 3.40. The largest absolute Gasteiger partial charge is 0.495 e. The zero-order valence-electron chi connectivity index (χ0n) is 13.9. The van der Waals surface area contributed by atoms with Crippen LogP contribution in [0.15, 0.2) is 54.6 Å². The van der Waals surface area contributed by atoms with Gasteiger partial charge >= 0.3 is 5.97 Å². The molecular weight excluding hydrogens is 322 g/mol. The van der Waals surface area contributed by atoms with Gasteiger partial charge in [0.2, 0.25) is 0 Å². The normalized spacial score (nSPS) is 9.96. The minimum absolute atomic E-state index is 0.0387. The maximum atomic E-state index is 11.9. The van der Waals surface area contributed by atoms with Crippen molar-refractivity contribution in [3.8, 4) is 5.75 Å². The van der Waals surface area contributed by atoms with Crippen molar-refractivity contribution in [2.24, 2.45) is 0 Å². The number of Topliss-reactive ketones (excluding diaryl/α,β-unsaturated/α-hetero) is 1. The molecule has 0 heterocycles. The van der Waals surface area contributed by atoms with Crippen molar-refractivity contribution in [2.45, 2.75) is 12.8 Å². The maximum absolute atomic E-state index is 11.9. The molecular formula is C19H19NO5. The highest BCUT2D eigenvalue weighted by molar-refractivity contribution is 5.98. The summed E-state index contributed by atoms with van der Waals surface area (Å²) in [6.45, 7) is -0.420. The molecule has 0 aromatic heterocycles. The van der Waals surface area contributed by atoms with Crippen LogP contribution >= 0.6 is 0 Å². The SMILES string of the molecule is COc1ccccc1NC(=O)COC(=O)CCC(=O)c1ccccc1. The average molecular weight is 341 g/mol. The first kappa shape index (κ1) is 18.2. The van der Waals surface area contributed by atoms with Gasteiger partial charge in [0.25, 0.3) is 5.91 Å². The van der Waals surface area contributed by atoms with Crippen molar-refractivity contribution in [1.29, 1.82) is 0 Å². The van der Waals surface area contributed by atoms with E-state index in [4.69, 9.17) is 9.47 Å². The number of ether oxygens (including phenoxy) is 2. The second kappa shape index (κ2) is 9.22. The molecule has 0 bridgehead atoms. The number of methoxy groups -OCH3 is 1. The van der Waals surface area contributed by atoms with Gasteiger partial charge in [-0.15, -0.1) is 0 Å². The third-order valence-corrected chi connectivity index (χ3v) is 3.40. The van der Waals surface area contributed by atoms with E-state index in [-0.39, 0.29) is 18.6 Å². The van der Waals surface area contributed by atoms with Crippen LogP contribution in [0.3, 0.4) is 0 Å². The van der Waals surface area contributed by atoms with Gasteiger partial charge < -0.3 is 14.8 Å². The van der Waals surface area contributed by atoms with Gasteiger partial charge in [-0.1, -0.05) is 42.5 Å². The van der Waals surface area contributed by atoms with Crippen LogP contribution in [0.4, 0.5) is 5.69 Å². The quantitative estimate of drug-likeness (QED) is 0.590. The molecule has 0 aliphatic carbocycles. The maximum Gasteiger partial charge on any atom is 0.306 e. The minimum atomic E-state index is -0.598. The molecule has 0 radical (unpaired) electrons. The summed E-state index contributed by atoms with van der Waals surface area (Å²) in [6, 6.07) is 15.6. The molecule has 2 aromatic carbocycles. The van der Waals surface area contributed by atoms with Gasteiger partial charge in [0.1, 0.15) is 5.75 Å². The van der Waals surface area contributed by atoms with Gasteiger partial charge in [-0.25, -0.2) is 0 Å². The van der Waals surface area contributed by atoms with Crippen molar-refractivity contribution in [1.82, 2.24) is 0 Å². The molecule has 0 fully saturated rings. The molecule has 2 aromatic rings. The number of anilines is 1. The van der Waals surface area contributed by atoms with Crippen molar-refractivity contribution in [3.63, 3.8) is 0 Å². The highest BCUT2D eigenvalue weighted by atomic mass is 16.5. The second-order valence-electron chi connectivity index (χ2n) is 5.20. The van der Waals surface area contributed by atoms with Gasteiger partial charge in [0.05, 0.1) is 19.2 Å². The first-order chi connectivity index (χ1) is 12.1. The zero-order valence-corrected chi connectivity index (χ0v) is 13.9. The molecule has 0 aliphatic heterocycles. The van der Waals surface area contributed by atoms with Crippen LogP contribution in [0, 0.1) is 0 Å². The summed E-state index contributed by atoms with van der Waals surface area (Å²) in [5.74, 6) is -0.710. The van der Waals surface area contributed by atoms with Crippen LogP contribution in [-0.4, -0.2) is 31.4 Å². The Hall–Kier alpha value is -3.15. The lowest BCUT2D eigenvalue weighted by molar-refractivity contribution is -0.147. The van der Waals surface area contributed by atoms with Crippen LogP contribution in [-0.2, 0) is 14.3 Å². The molecule has 0 saturated carbocycles. The number of carbonyl (C=O) groups excluding carboxylic acids is 3. The molecule has 25 heavy (non-hydrogen) atoms. The summed E-state index contributed by atoms with van der Waals surface area (Å²) in [5, 5.41) is 2.60. The van der Waals surface area contributed by atoms with Crippen LogP contribution in [0.1, 0.15) is 23.2 Å². The highest BCUT2D eigenvalue weighted by Gasteiger charge is 2.12. The van der Waals surface area contributed by atoms with E-state index in [9.17, 15) is 14.4 Å². The molecule has 0 spiro atoms. The first-order valence-corrected chi connectivity index (χ1v) is 7.77. The number of benzene rings is 2. The van der Waals surface area contributed by atoms with Crippen LogP contribution in [0.25, 0.3) is 0 Å². The topological polar surface area (TPSA) is 81.7 Å². The molecule has 0 atom stereocenters. The van der Waals surface area contributed by atoms with Gasteiger partial charge in [0, 0.05) is 12.0 Å². The van der Waals surface area contributed by atoms with Gasteiger partial charge in [-0.3, -0.25) is 14.4 Å². The van der Waals surface area contributed by atoms with Crippen molar-refractivity contribution >= 4 is 23.3 Å². The standard InChI is InChI=1S/C19H19NO5/c1-24-17-10-6-5-9-15(17)20-18(22)13-25-19(23)12-11-16(21)14-7-3-2-4-8-14/h2-10H,11-13H2,1H3,(H,20,22). The molecule has 6 heteroatoms. The lowest BCUT2D eigenvalue weighted by Gasteiger charge is -2.10. The number of rotatable bonds is 8. The fraction of sp³-hybridized carbons (Fsp3) is 0.211. The second-order valence-corrected chi connectivity index (χ2v) is 5.20. The van der Waals surface area contributed by atoms with Crippen LogP contribution in [0.2, 0.25) is 0 Å². The third kappa shape index (κ3) is 5.76. The first-order valence-electron chi connectivity index (χ1n) is 7.77. The molecule has 1 N–H and O–H groups in total. The Morgan fingerprint density at radius 1 is 0.920 bits per heavy atom. The number of amides is 1. The lowest BCUT2D eigenvalue weighted by atomic mass is 10.1. The smallest absolute Gasteiger partial charge is 0.306 e. The Morgan fingerprint density at radius 2 is 1.60 bits per heavy atom. The van der Waals surface area contributed by atoms with E-state index in [0.29, 0.717) is 17.0 Å². The van der Waals surface area contributed by atoms with Crippen LogP contribution < -0.4 is 10.1 Å². The highest BCUT2D eigenvalue weighted by Crippen LogP contribution is 2.22. The summed E-state index contributed by atoms with van der Waals surface area (Å²) >= 11 is 0. The number of carbonyl (C=O) groups is 3. The Balaban J connectivity index is 1.74. The van der Waals surface area contributed by atoms with Gasteiger partial charge in [-0.2, -0.15) is 0 Å². The van der Waals surface area contributed by atoms with E-state index in [1.165, 1.54) is 7.11 Å². The van der Waals surface area contributed by atoms with Crippen molar-refractivity contribution < 1.29 is 23.9 Å². The fourth-order valence-corrected chi connectivity index (χ4v) is 2.14. The predicted molar refractivity (Wildman–Crippen MR) is 92.6 cm³/mol. The Bertz CT molecular complexity index is 742. The summed E-state index contributed by atoms with van der Waals surface area (Å²) in [6.07, 6.45) is -0.0351. The Kier molecular flexibility index (Phi) is 6.71. The monoisotopic (exact) mass is 341 g/mol. The summed E-state index contributed by atoms with van der Waals surface area (Å²) in [7, 11) is 1.49. The number of hydrogen-bond acceptors (Lipinski definition) is 5. The number of nitrogens with one attached hydrogen (secondary N) is 1. The minimum Gasteiger partial charge on any atom is -0.495 e. The van der Waals surface area contributed by atoms with Gasteiger partial charge in [0.15, 0.2) is 12.4 Å². The zero-order chi connectivity index (χ0) is 18.1. The average Bonchev–Trinajstić information content (AvgIpc) is 2.65. The van der Waals surface area contributed by atoms with Gasteiger partial charge in [-0.05, 0) is 12.1 Å². The molecule has 2 rings (SSSR count). The number of para-hydroxylation sites is 2. The predicted octanol–water partition coefficient (Wildman–Crippen LogP) is 2.84. The molecule has 0 aliphatic rings.